The lowest BCUT2D eigenvalue weighted by Gasteiger charge is -2.40. The van der Waals surface area contributed by atoms with E-state index in [4.69, 9.17) is 0 Å². The van der Waals surface area contributed by atoms with E-state index in [0.717, 1.165) is 42.5 Å². The van der Waals surface area contributed by atoms with Crippen LogP contribution in [0.5, 0.6) is 0 Å². The number of hydrogen-bond donors (Lipinski definition) is 2. The molecule has 0 aromatic carbocycles. The van der Waals surface area contributed by atoms with Gasteiger partial charge in [-0.3, -0.25) is 0 Å². The minimum Gasteiger partial charge on any atom is -0.392 e. The zero-order chi connectivity index (χ0) is 20.6. The summed E-state index contributed by atoms with van der Waals surface area (Å²) in [6, 6.07) is 2.32. The van der Waals surface area contributed by atoms with E-state index in [-0.39, 0.29) is 18.2 Å². The van der Waals surface area contributed by atoms with Crippen LogP contribution in [-0.2, 0) is 10.0 Å². The first-order chi connectivity index (χ1) is 13.8. The second kappa shape index (κ2) is 8.20. The zero-order valence-electron chi connectivity index (χ0n) is 17.2. The van der Waals surface area contributed by atoms with Crippen LogP contribution in [0.4, 0.5) is 5.82 Å². The molecule has 0 bridgehead atoms. The summed E-state index contributed by atoms with van der Waals surface area (Å²) in [6.45, 7) is 2.99. The highest BCUT2D eigenvalue weighted by molar-refractivity contribution is 7.89. The number of hydrogen-bond acceptors (Lipinski definition) is 6. The Bertz CT molecular complexity index is 946. The summed E-state index contributed by atoms with van der Waals surface area (Å²) in [7, 11) is -1.24. The van der Waals surface area contributed by atoms with Gasteiger partial charge in [0, 0.05) is 32.4 Å². The Kier molecular flexibility index (Phi) is 5.81. The molecular formula is C20H31N5O3S. The SMILES string of the molecule is C[C@@H]1CC(CS(=O)(=O)N2CCCC(O)C2)CC[C@@H]1N(C)c1ncnc2[nH]ccc12. The Hall–Kier alpha value is -1.71. The number of nitrogens with zero attached hydrogens (tertiary/aromatic N) is 4. The fourth-order valence-electron chi connectivity index (χ4n) is 5.09. The molecule has 160 valence electrons. The first-order valence-electron chi connectivity index (χ1n) is 10.5. The molecule has 2 unspecified atom stereocenters. The summed E-state index contributed by atoms with van der Waals surface area (Å²) in [4.78, 5) is 14.1. The van der Waals surface area contributed by atoms with Gasteiger partial charge in [-0.1, -0.05) is 6.92 Å². The number of aliphatic hydroxyl groups excluding tert-OH is 1. The van der Waals surface area contributed by atoms with Gasteiger partial charge in [0.2, 0.25) is 10.0 Å². The molecule has 1 aliphatic carbocycles. The van der Waals surface area contributed by atoms with Crippen LogP contribution >= 0.6 is 0 Å². The van der Waals surface area contributed by atoms with Crippen molar-refractivity contribution in [2.45, 2.75) is 51.2 Å². The molecule has 2 N–H and O–H groups in total. The first kappa shape index (κ1) is 20.6. The van der Waals surface area contributed by atoms with Gasteiger partial charge < -0.3 is 15.0 Å². The summed E-state index contributed by atoms with van der Waals surface area (Å²) in [6.07, 6.45) is 7.07. The Morgan fingerprint density at radius 1 is 1.31 bits per heavy atom. The van der Waals surface area contributed by atoms with Gasteiger partial charge in [-0.2, -0.15) is 4.31 Å². The van der Waals surface area contributed by atoms with Crippen molar-refractivity contribution in [3.8, 4) is 0 Å². The van der Waals surface area contributed by atoms with Gasteiger partial charge in [-0.05, 0) is 50.0 Å². The molecule has 8 nitrogen and oxygen atoms in total. The molecule has 0 radical (unpaired) electrons. The molecule has 2 aromatic rings. The molecule has 3 heterocycles. The predicted octanol–water partition coefficient (Wildman–Crippen LogP) is 1.99. The number of H-pyrrole nitrogens is 1. The topological polar surface area (TPSA) is 102 Å². The van der Waals surface area contributed by atoms with Crippen LogP contribution in [0.2, 0.25) is 0 Å². The van der Waals surface area contributed by atoms with Crippen LogP contribution in [0.25, 0.3) is 11.0 Å². The Labute approximate surface area is 172 Å². The molecule has 0 amide bonds. The molecule has 4 rings (SSSR count). The van der Waals surface area contributed by atoms with Gasteiger partial charge in [0.25, 0.3) is 0 Å². The third-order valence-corrected chi connectivity index (χ3v) is 8.61. The number of piperidine rings is 1. The highest BCUT2D eigenvalue weighted by Gasteiger charge is 2.36. The molecule has 2 aliphatic rings. The summed E-state index contributed by atoms with van der Waals surface area (Å²) >= 11 is 0. The Balaban J connectivity index is 1.41. The number of fused-ring (bicyclic) bond motifs is 1. The van der Waals surface area contributed by atoms with Crippen LogP contribution < -0.4 is 4.90 Å². The van der Waals surface area contributed by atoms with E-state index in [1.807, 2.05) is 12.3 Å². The van der Waals surface area contributed by atoms with E-state index in [0.29, 0.717) is 24.9 Å². The van der Waals surface area contributed by atoms with Crippen molar-refractivity contribution in [1.29, 1.82) is 0 Å². The number of aromatic nitrogens is 3. The highest BCUT2D eigenvalue weighted by atomic mass is 32.2. The second-order valence-electron chi connectivity index (χ2n) is 8.70. The van der Waals surface area contributed by atoms with Gasteiger partial charge in [-0.15, -0.1) is 0 Å². The van der Waals surface area contributed by atoms with Gasteiger partial charge in [0.1, 0.15) is 17.8 Å². The number of β-amino-alcohol motifs (C(OH)–C–C–N with tert-alkyl or cyclic N) is 1. The maximum atomic E-state index is 12.8. The van der Waals surface area contributed by atoms with Gasteiger partial charge in [-0.25, -0.2) is 18.4 Å². The molecule has 2 aromatic heterocycles. The van der Waals surface area contributed by atoms with Crippen molar-refractivity contribution in [3.05, 3.63) is 18.6 Å². The number of anilines is 1. The largest absolute Gasteiger partial charge is 0.392 e. The lowest BCUT2D eigenvalue weighted by atomic mass is 9.79. The van der Waals surface area contributed by atoms with E-state index >= 15 is 0 Å². The zero-order valence-corrected chi connectivity index (χ0v) is 18.0. The summed E-state index contributed by atoms with van der Waals surface area (Å²) in [5.41, 5.74) is 0.831. The third-order valence-electron chi connectivity index (χ3n) is 6.60. The molecule has 29 heavy (non-hydrogen) atoms. The van der Waals surface area contributed by atoms with Crippen LogP contribution in [-0.4, -0.2) is 70.8 Å². The van der Waals surface area contributed by atoms with Crippen molar-refractivity contribution in [1.82, 2.24) is 19.3 Å². The number of aromatic amines is 1. The van der Waals surface area contributed by atoms with Crippen molar-refractivity contribution < 1.29 is 13.5 Å². The molecule has 2 fully saturated rings. The quantitative estimate of drug-likeness (QED) is 0.765. The van der Waals surface area contributed by atoms with Crippen molar-refractivity contribution >= 4 is 26.9 Å². The van der Waals surface area contributed by atoms with Gasteiger partial charge >= 0.3 is 0 Å². The summed E-state index contributed by atoms with van der Waals surface area (Å²) in [5, 5.41) is 10.8. The molecule has 1 saturated heterocycles. The van der Waals surface area contributed by atoms with Gasteiger partial charge in [0.05, 0.1) is 17.2 Å². The highest BCUT2D eigenvalue weighted by Crippen LogP contribution is 2.36. The number of aliphatic hydroxyl groups is 1. The Morgan fingerprint density at radius 3 is 2.90 bits per heavy atom. The number of rotatable bonds is 5. The molecule has 9 heteroatoms. The molecule has 4 atom stereocenters. The molecular weight excluding hydrogens is 390 g/mol. The maximum absolute atomic E-state index is 12.8. The van der Waals surface area contributed by atoms with Crippen LogP contribution in [0.1, 0.15) is 39.0 Å². The van der Waals surface area contributed by atoms with Crippen molar-refractivity contribution in [2.24, 2.45) is 11.8 Å². The summed E-state index contributed by atoms with van der Waals surface area (Å²) < 4.78 is 27.2. The maximum Gasteiger partial charge on any atom is 0.214 e. The van der Waals surface area contributed by atoms with E-state index < -0.39 is 16.1 Å². The minimum absolute atomic E-state index is 0.163. The van der Waals surface area contributed by atoms with E-state index in [1.54, 1.807) is 6.33 Å². The van der Waals surface area contributed by atoms with E-state index in [1.165, 1.54) is 4.31 Å². The third kappa shape index (κ3) is 4.27. The molecule has 0 spiro atoms. The van der Waals surface area contributed by atoms with Crippen LogP contribution in [0.15, 0.2) is 18.6 Å². The molecule has 1 aliphatic heterocycles. The number of sulfonamides is 1. The smallest absolute Gasteiger partial charge is 0.214 e. The second-order valence-corrected chi connectivity index (χ2v) is 10.7. The summed E-state index contributed by atoms with van der Waals surface area (Å²) in [5.74, 6) is 1.64. The fraction of sp³-hybridized carbons (Fsp3) is 0.700. The van der Waals surface area contributed by atoms with Gasteiger partial charge in [0.15, 0.2) is 0 Å². The average Bonchev–Trinajstić information content (AvgIpc) is 3.16. The first-order valence-corrected chi connectivity index (χ1v) is 12.1. The normalized spacial score (nSPS) is 29.2. The van der Waals surface area contributed by atoms with E-state index in [2.05, 4.69) is 33.8 Å². The monoisotopic (exact) mass is 421 g/mol. The standard InChI is InChI=1S/C20H31N5O3S/c1-14-10-15(12-29(27,28)25-9-3-4-16(26)11-25)5-6-18(14)24(2)20-17-7-8-21-19(17)22-13-23-20/h7-8,13-16,18,26H,3-6,9-12H2,1-2H3,(H,21,22,23)/t14-,15?,16?,18+/m1/s1. The minimum atomic E-state index is -3.32. The fourth-order valence-corrected chi connectivity index (χ4v) is 7.01. The average molecular weight is 422 g/mol. The van der Waals surface area contributed by atoms with Crippen LogP contribution in [0.3, 0.4) is 0 Å². The van der Waals surface area contributed by atoms with Crippen molar-refractivity contribution in [3.63, 3.8) is 0 Å². The predicted molar refractivity (Wildman–Crippen MR) is 113 cm³/mol. The van der Waals surface area contributed by atoms with E-state index in [9.17, 15) is 13.5 Å². The molecule has 1 saturated carbocycles. The lowest BCUT2D eigenvalue weighted by molar-refractivity contribution is 0.107. The van der Waals surface area contributed by atoms with Crippen molar-refractivity contribution in [2.75, 3.05) is 30.8 Å². The Morgan fingerprint density at radius 2 is 2.14 bits per heavy atom. The lowest BCUT2D eigenvalue weighted by Crippen LogP contribution is -2.46. The van der Waals surface area contributed by atoms with Crippen LogP contribution in [0, 0.1) is 11.8 Å². The number of nitrogens with one attached hydrogen (secondary N) is 1.